The van der Waals surface area contributed by atoms with Gasteiger partial charge in [0.2, 0.25) is 5.95 Å². The lowest BCUT2D eigenvalue weighted by atomic mass is 10.5. The number of hydrogen-bond donors (Lipinski definition) is 3. The number of hydrogen-bond acceptors (Lipinski definition) is 5. The zero-order chi connectivity index (χ0) is 11.0. The van der Waals surface area contributed by atoms with Gasteiger partial charge in [-0.3, -0.25) is 9.78 Å². The molecular formula is C7H7N5O3. The average Bonchev–Trinajstić information content (AvgIpc) is 2.61. The summed E-state index contributed by atoms with van der Waals surface area (Å²) in [6.45, 7) is 0. The van der Waals surface area contributed by atoms with E-state index in [4.69, 9.17) is 5.11 Å². The summed E-state index contributed by atoms with van der Waals surface area (Å²) in [7, 11) is 1.58. The van der Waals surface area contributed by atoms with Crippen molar-refractivity contribution in [1.29, 1.82) is 0 Å². The van der Waals surface area contributed by atoms with Gasteiger partial charge in [-0.1, -0.05) is 0 Å². The zero-order valence-electron chi connectivity index (χ0n) is 7.68. The summed E-state index contributed by atoms with van der Waals surface area (Å²) in [6.07, 6.45) is -0.240. The molecule has 2 aromatic rings. The minimum absolute atomic E-state index is 0.0819. The Hall–Kier alpha value is -2.38. The van der Waals surface area contributed by atoms with E-state index >= 15 is 0 Å². The number of rotatable bonds is 1. The Bertz CT molecular complexity index is 584. The molecule has 15 heavy (non-hydrogen) atoms. The van der Waals surface area contributed by atoms with Gasteiger partial charge in [0.15, 0.2) is 11.2 Å². The van der Waals surface area contributed by atoms with Gasteiger partial charge >= 0.3 is 6.09 Å². The third-order valence-electron chi connectivity index (χ3n) is 1.86. The van der Waals surface area contributed by atoms with Gasteiger partial charge in [0, 0.05) is 7.05 Å². The summed E-state index contributed by atoms with van der Waals surface area (Å²) in [4.78, 5) is 32.2. The first-order valence-corrected chi connectivity index (χ1v) is 4.02. The van der Waals surface area contributed by atoms with Crippen LogP contribution in [0.15, 0.2) is 11.1 Å². The van der Waals surface area contributed by atoms with E-state index in [1.807, 2.05) is 0 Å². The van der Waals surface area contributed by atoms with E-state index in [0.717, 1.165) is 10.9 Å². The minimum Gasteiger partial charge on any atom is -0.464 e. The Balaban J connectivity index is 2.83. The van der Waals surface area contributed by atoms with Crippen LogP contribution in [0.5, 0.6) is 0 Å². The van der Waals surface area contributed by atoms with Gasteiger partial charge in [-0.25, -0.2) is 14.3 Å². The van der Waals surface area contributed by atoms with E-state index in [2.05, 4.69) is 20.3 Å². The van der Waals surface area contributed by atoms with E-state index < -0.39 is 11.7 Å². The first kappa shape index (κ1) is 9.19. The molecule has 0 fully saturated rings. The van der Waals surface area contributed by atoms with Crippen LogP contribution in [-0.4, -0.2) is 37.8 Å². The van der Waals surface area contributed by atoms with Gasteiger partial charge in [-0.15, -0.1) is 0 Å². The van der Waals surface area contributed by atoms with Gasteiger partial charge in [0.25, 0.3) is 5.56 Å². The Morgan fingerprint density at radius 2 is 2.40 bits per heavy atom. The minimum atomic E-state index is -1.28. The Morgan fingerprint density at radius 1 is 1.67 bits per heavy atom. The van der Waals surface area contributed by atoms with Gasteiger partial charge in [0.05, 0.1) is 0 Å². The van der Waals surface area contributed by atoms with Crippen LogP contribution in [0.3, 0.4) is 0 Å². The van der Waals surface area contributed by atoms with Crippen LogP contribution in [-0.2, 0) is 0 Å². The molecule has 0 aliphatic heterocycles. The maximum atomic E-state index is 11.5. The van der Waals surface area contributed by atoms with E-state index in [-0.39, 0.29) is 17.1 Å². The van der Waals surface area contributed by atoms with Gasteiger partial charge in [-0.05, 0) is 0 Å². The molecule has 0 aliphatic rings. The van der Waals surface area contributed by atoms with Crippen molar-refractivity contribution in [3.05, 3.63) is 16.7 Å². The maximum Gasteiger partial charge on any atom is 0.417 e. The van der Waals surface area contributed by atoms with E-state index in [1.165, 1.54) is 0 Å². The number of nitrogens with one attached hydrogen (secondary N) is 2. The Morgan fingerprint density at radius 3 is 3.00 bits per heavy atom. The molecule has 0 unspecified atom stereocenters. The fourth-order valence-corrected chi connectivity index (χ4v) is 1.20. The van der Waals surface area contributed by atoms with Crippen molar-refractivity contribution in [2.24, 2.45) is 0 Å². The van der Waals surface area contributed by atoms with Crippen LogP contribution < -0.4 is 10.9 Å². The van der Waals surface area contributed by atoms with E-state index in [1.54, 1.807) is 7.05 Å². The van der Waals surface area contributed by atoms with Crippen molar-refractivity contribution in [2.75, 3.05) is 12.4 Å². The SMILES string of the molecule is CNc1nc2ncn(C(=O)O)c2c(=O)[nH]1. The Labute approximate surface area is 82.6 Å². The average molecular weight is 209 g/mol. The van der Waals surface area contributed by atoms with Crippen molar-refractivity contribution >= 4 is 23.2 Å². The number of imidazole rings is 1. The first-order valence-electron chi connectivity index (χ1n) is 4.02. The molecule has 0 saturated carbocycles. The molecule has 0 saturated heterocycles. The highest BCUT2D eigenvalue weighted by molar-refractivity contribution is 5.83. The molecule has 3 N–H and O–H groups in total. The van der Waals surface area contributed by atoms with Crippen LogP contribution in [0.25, 0.3) is 11.2 Å². The van der Waals surface area contributed by atoms with Crippen molar-refractivity contribution < 1.29 is 9.90 Å². The molecule has 2 rings (SSSR count). The summed E-state index contributed by atoms with van der Waals surface area (Å²) in [6, 6.07) is 0. The standard InChI is InChI=1S/C7H7N5O3/c1-8-6-10-4-3(5(13)11-6)12(2-9-4)7(14)15/h2H,1H3,(H,14,15)(H2,8,10,11,13). The second kappa shape index (κ2) is 3.08. The number of fused-ring (bicyclic) bond motifs is 1. The number of nitrogens with zero attached hydrogens (tertiary/aromatic N) is 3. The lowest BCUT2D eigenvalue weighted by Gasteiger charge is -1.98. The summed E-state index contributed by atoms with van der Waals surface area (Å²) in [5.41, 5.74) is -0.545. The second-order valence-electron chi connectivity index (χ2n) is 2.73. The lowest BCUT2D eigenvalue weighted by Crippen LogP contribution is -2.17. The normalized spacial score (nSPS) is 10.5. The molecule has 2 aromatic heterocycles. The van der Waals surface area contributed by atoms with Gasteiger partial charge in [-0.2, -0.15) is 4.98 Å². The number of anilines is 1. The molecule has 0 radical (unpaired) electrons. The molecule has 0 amide bonds. The smallest absolute Gasteiger partial charge is 0.417 e. The molecule has 0 aromatic carbocycles. The van der Waals surface area contributed by atoms with Crippen LogP contribution in [0.1, 0.15) is 0 Å². The molecule has 78 valence electrons. The molecule has 0 bridgehead atoms. The highest BCUT2D eigenvalue weighted by Crippen LogP contribution is 2.06. The predicted octanol–water partition coefficient (Wildman–Crippen LogP) is -0.313. The quantitative estimate of drug-likeness (QED) is 0.593. The van der Waals surface area contributed by atoms with Gasteiger partial charge < -0.3 is 10.4 Å². The van der Waals surface area contributed by atoms with Crippen LogP contribution in [0.2, 0.25) is 0 Å². The van der Waals surface area contributed by atoms with Crippen molar-refractivity contribution in [2.45, 2.75) is 0 Å². The fourth-order valence-electron chi connectivity index (χ4n) is 1.20. The summed E-state index contributed by atoms with van der Waals surface area (Å²) in [5.74, 6) is 0.239. The fraction of sp³-hybridized carbons (Fsp3) is 0.143. The third kappa shape index (κ3) is 1.31. The van der Waals surface area contributed by atoms with Crippen LogP contribution in [0, 0.1) is 0 Å². The van der Waals surface area contributed by atoms with Gasteiger partial charge in [0.1, 0.15) is 6.33 Å². The topological polar surface area (TPSA) is 113 Å². The molecular weight excluding hydrogens is 202 g/mol. The molecule has 8 heteroatoms. The molecule has 0 aliphatic carbocycles. The molecule has 0 spiro atoms. The summed E-state index contributed by atoms with van der Waals surface area (Å²) >= 11 is 0. The number of aromatic nitrogens is 4. The monoisotopic (exact) mass is 209 g/mol. The summed E-state index contributed by atoms with van der Waals surface area (Å²) < 4.78 is 0.723. The molecule has 8 nitrogen and oxygen atoms in total. The van der Waals surface area contributed by atoms with Crippen molar-refractivity contribution in [1.82, 2.24) is 19.5 Å². The third-order valence-corrected chi connectivity index (χ3v) is 1.86. The lowest BCUT2D eigenvalue weighted by molar-refractivity contribution is 0.197. The Kier molecular flexibility index (Phi) is 1.89. The largest absolute Gasteiger partial charge is 0.464 e. The van der Waals surface area contributed by atoms with E-state index in [0.29, 0.717) is 0 Å². The van der Waals surface area contributed by atoms with Crippen molar-refractivity contribution in [3.63, 3.8) is 0 Å². The molecule has 2 heterocycles. The highest BCUT2D eigenvalue weighted by Gasteiger charge is 2.13. The predicted molar refractivity (Wildman–Crippen MR) is 51.1 cm³/mol. The number of H-pyrrole nitrogens is 1. The maximum absolute atomic E-state index is 11.5. The number of carboxylic acid groups (broad SMARTS) is 1. The van der Waals surface area contributed by atoms with Crippen LogP contribution in [0.4, 0.5) is 10.7 Å². The highest BCUT2D eigenvalue weighted by atomic mass is 16.4. The van der Waals surface area contributed by atoms with E-state index in [9.17, 15) is 9.59 Å². The number of aromatic amines is 1. The molecule has 0 atom stereocenters. The van der Waals surface area contributed by atoms with Crippen molar-refractivity contribution in [3.8, 4) is 0 Å². The second-order valence-corrected chi connectivity index (χ2v) is 2.73. The van der Waals surface area contributed by atoms with Crippen LogP contribution >= 0.6 is 0 Å². The zero-order valence-corrected chi connectivity index (χ0v) is 7.68. The summed E-state index contributed by atoms with van der Waals surface area (Å²) in [5, 5.41) is 11.4. The number of carbonyl (C=O) groups is 1. The first-order chi connectivity index (χ1) is 7.13.